The second-order valence-electron chi connectivity index (χ2n) is 6.15. The molecule has 3 rings (SSSR count). The first kappa shape index (κ1) is 19.2. The number of methoxy groups -OCH3 is 2. The van der Waals surface area contributed by atoms with Crippen molar-refractivity contribution in [2.75, 3.05) is 24.9 Å². The van der Waals surface area contributed by atoms with Gasteiger partial charge in [0, 0.05) is 24.4 Å². The summed E-state index contributed by atoms with van der Waals surface area (Å²) in [6, 6.07) is 14.9. The molecule has 0 spiro atoms. The van der Waals surface area contributed by atoms with Crippen LogP contribution in [0.1, 0.15) is 21.6 Å². The molecule has 0 radical (unpaired) electrons. The second kappa shape index (κ2) is 8.85. The molecular formula is C21H22N4O3. The lowest BCUT2D eigenvalue weighted by molar-refractivity contribution is 0.102. The number of benzene rings is 2. The van der Waals surface area contributed by atoms with Crippen LogP contribution in [-0.2, 0) is 6.54 Å². The van der Waals surface area contributed by atoms with Gasteiger partial charge in [-0.25, -0.2) is 9.97 Å². The maximum atomic E-state index is 12.5. The van der Waals surface area contributed by atoms with E-state index in [1.54, 1.807) is 38.5 Å². The third-order valence-electron chi connectivity index (χ3n) is 4.10. The maximum absolute atomic E-state index is 12.5. The minimum atomic E-state index is -0.340. The van der Waals surface area contributed by atoms with Crippen molar-refractivity contribution in [3.05, 3.63) is 71.7 Å². The van der Waals surface area contributed by atoms with Crippen molar-refractivity contribution in [2.45, 2.75) is 13.5 Å². The number of anilines is 2. The van der Waals surface area contributed by atoms with E-state index in [1.807, 2.05) is 25.1 Å². The quantitative estimate of drug-likeness (QED) is 0.653. The molecule has 0 aliphatic heterocycles. The third-order valence-corrected chi connectivity index (χ3v) is 4.10. The van der Waals surface area contributed by atoms with Gasteiger partial charge in [-0.05, 0) is 24.6 Å². The SMILES string of the molecule is COc1ccc(NC(=O)c2cc(NCc3cccc(C)c3)ncn2)cc1OC. The molecule has 28 heavy (non-hydrogen) atoms. The molecule has 0 bridgehead atoms. The fraction of sp³-hybridized carbons (Fsp3) is 0.190. The molecule has 0 unspecified atom stereocenters. The zero-order valence-electron chi connectivity index (χ0n) is 16.0. The van der Waals surface area contributed by atoms with Crippen LogP contribution in [0.4, 0.5) is 11.5 Å². The van der Waals surface area contributed by atoms with E-state index in [0.717, 1.165) is 5.56 Å². The number of amides is 1. The summed E-state index contributed by atoms with van der Waals surface area (Å²) >= 11 is 0. The summed E-state index contributed by atoms with van der Waals surface area (Å²) in [7, 11) is 3.10. The van der Waals surface area contributed by atoms with Crippen LogP contribution in [0.2, 0.25) is 0 Å². The van der Waals surface area contributed by atoms with Gasteiger partial charge in [0.1, 0.15) is 17.8 Å². The highest BCUT2D eigenvalue weighted by Gasteiger charge is 2.11. The van der Waals surface area contributed by atoms with Crippen LogP contribution in [0.25, 0.3) is 0 Å². The largest absolute Gasteiger partial charge is 0.493 e. The Kier molecular flexibility index (Phi) is 6.06. The molecule has 2 N–H and O–H groups in total. The first-order chi connectivity index (χ1) is 13.6. The number of carbonyl (C=O) groups excluding carboxylic acids is 1. The molecule has 1 heterocycles. The predicted molar refractivity (Wildman–Crippen MR) is 108 cm³/mol. The maximum Gasteiger partial charge on any atom is 0.274 e. The average molecular weight is 378 g/mol. The Bertz CT molecular complexity index is 975. The standard InChI is InChI=1S/C21H22N4O3/c1-14-5-4-6-15(9-14)12-22-20-11-17(23-13-24-20)21(26)25-16-7-8-18(27-2)19(10-16)28-3/h4-11,13H,12H2,1-3H3,(H,25,26)(H,22,23,24). The molecular weight excluding hydrogens is 356 g/mol. The molecule has 0 saturated heterocycles. The normalized spacial score (nSPS) is 10.2. The molecule has 2 aromatic carbocycles. The molecule has 0 fully saturated rings. The molecule has 7 nitrogen and oxygen atoms in total. The molecule has 0 aliphatic rings. The van der Waals surface area contributed by atoms with Gasteiger partial charge in [0.25, 0.3) is 5.91 Å². The van der Waals surface area contributed by atoms with Gasteiger partial charge in [-0.2, -0.15) is 0 Å². The van der Waals surface area contributed by atoms with Crippen LogP contribution in [0.15, 0.2) is 54.9 Å². The van der Waals surface area contributed by atoms with Crippen LogP contribution >= 0.6 is 0 Å². The van der Waals surface area contributed by atoms with Crippen LogP contribution in [0.5, 0.6) is 11.5 Å². The van der Waals surface area contributed by atoms with Crippen molar-refractivity contribution in [1.29, 1.82) is 0 Å². The van der Waals surface area contributed by atoms with Crippen molar-refractivity contribution < 1.29 is 14.3 Å². The highest BCUT2D eigenvalue weighted by molar-refractivity contribution is 6.03. The minimum Gasteiger partial charge on any atom is -0.493 e. The number of carbonyl (C=O) groups is 1. The van der Waals surface area contributed by atoms with Crippen molar-refractivity contribution in [2.24, 2.45) is 0 Å². The molecule has 0 aliphatic carbocycles. The van der Waals surface area contributed by atoms with Gasteiger partial charge in [-0.15, -0.1) is 0 Å². The first-order valence-corrected chi connectivity index (χ1v) is 8.74. The summed E-state index contributed by atoms with van der Waals surface area (Å²) in [6.07, 6.45) is 1.36. The molecule has 7 heteroatoms. The van der Waals surface area contributed by atoms with Crippen molar-refractivity contribution in [1.82, 2.24) is 9.97 Å². The lowest BCUT2D eigenvalue weighted by Crippen LogP contribution is -2.14. The van der Waals surface area contributed by atoms with E-state index in [9.17, 15) is 4.79 Å². The van der Waals surface area contributed by atoms with Crippen LogP contribution in [0.3, 0.4) is 0 Å². The van der Waals surface area contributed by atoms with Gasteiger partial charge in [-0.3, -0.25) is 4.79 Å². The van der Waals surface area contributed by atoms with Crippen LogP contribution in [0, 0.1) is 6.92 Å². The van der Waals surface area contributed by atoms with Gasteiger partial charge >= 0.3 is 0 Å². The Hall–Kier alpha value is -3.61. The first-order valence-electron chi connectivity index (χ1n) is 8.74. The van der Waals surface area contributed by atoms with Gasteiger partial charge in [0.15, 0.2) is 11.5 Å². The highest BCUT2D eigenvalue weighted by atomic mass is 16.5. The van der Waals surface area contributed by atoms with Crippen LogP contribution in [-0.4, -0.2) is 30.1 Å². The summed E-state index contributed by atoms with van der Waals surface area (Å²) in [5.41, 5.74) is 3.17. The number of hydrogen-bond acceptors (Lipinski definition) is 6. The Morgan fingerprint density at radius 3 is 2.57 bits per heavy atom. The van der Waals surface area contributed by atoms with Gasteiger partial charge < -0.3 is 20.1 Å². The van der Waals surface area contributed by atoms with Crippen molar-refractivity contribution in [3.63, 3.8) is 0 Å². The number of ether oxygens (including phenoxy) is 2. The topological polar surface area (TPSA) is 85.4 Å². The molecule has 144 valence electrons. The number of aryl methyl sites for hydroxylation is 1. The van der Waals surface area contributed by atoms with Gasteiger partial charge in [0.05, 0.1) is 14.2 Å². The average Bonchev–Trinajstić information content (AvgIpc) is 2.72. The summed E-state index contributed by atoms with van der Waals surface area (Å²) in [4.78, 5) is 20.8. The lowest BCUT2D eigenvalue weighted by atomic mass is 10.1. The number of hydrogen-bond donors (Lipinski definition) is 2. The zero-order chi connectivity index (χ0) is 19.9. The summed E-state index contributed by atoms with van der Waals surface area (Å²) in [5.74, 6) is 1.36. The molecule has 3 aromatic rings. The molecule has 0 saturated carbocycles. The number of aromatic nitrogens is 2. The number of nitrogens with zero attached hydrogens (tertiary/aromatic N) is 2. The van der Waals surface area contributed by atoms with E-state index in [-0.39, 0.29) is 11.6 Å². The van der Waals surface area contributed by atoms with E-state index in [2.05, 4.69) is 26.7 Å². The zero-order valence-corrected chi connectivity index (χ0v) is 16.0. The Labute approximate surface area is 163 Å². The van der Waals surface area contributed by atoms with E-state index >= 15 is 0 Å². The Morgan fingerprint density at radius 2 is 1.82 bits per heavy atom. The fourth-order valence-electron chi connectivity index (χ4n) is 2.70. The molecule has 1 aromatic heterocycles. The lowest BCUT2D eigenvalue weighted by Gasteiger charge is -2.11. The second-order valence-corrected chi connectivity index (χ2v) is 6.15. The highest BCUT2D eigenvalue weighted by Crippen LogP contribution is 2.29. The number of rotatable bonds is 7. The fourth-order valence-corrected chi connectivity index (χ4v) is 2.70. The summed E-state index contributed by atoms with van der Waals surface area (Å²) in [6.45, 7) is 2.65. The molecule has 0 atom stereocenters. The van der Waals surface area contributed by atoms with E-state index in [1.165, 1.54) is 11.9 Å². The van der Waals surface area contributed by atoms with E-state index < -0.39 is 0 Å². The Morgan fingerprint density at radius 1 is 1.00 bits per heavy atom. The van der Waals surface area contributed by atoms with Gasteiger partial charge in [-0.1, -0.05) is 29.8 Å². The third kappa shape index (κ3) is 4.76. The predicted octanol–water partition coefficient (Wildman–Crippen LogP) is 3.67. The molecule has 1 amide bonds. The van der Waals surface area contributed by atoms with E-state index in [4.69, 9.17) is 9.47 Å². The summed E-state index contributed by atoms with van der Waals surface area (Å²) < 4.78 is 10.5. The van der Waals surface area contributed by atoms with Crippen molar-refractivity contribution in [3.8, 4) is 11.5 Å². The number of nitrogens with one attached hydrogen (secondary N) is 2. The van der Waals surface area contributed by atoms with Crippen molar-refractivity contribution >= 4 is 17.4 Å². The van der Waals surface area contributed by atoms with Crippen LogP contribution < -0.4 is 20.1 Å². The summed E-state index contributed by atoms with van der Waals surface area (Å²) in [5, 5.41) is 6.01. The monoisotopic (exact) mass is 378 g/mol. The van der Waals surface area contributed by atoms with Gasteiger partial charge in [0.2, 0.25) is 0 Å². The van der Waals surface area contributed by atoms with E-state index in [0.29, 0.717) is 29.5 Å². The Balaban J connectivity index is 1.68. The minimum absolute atomic E-state index is 0.261. The smallest absolute Gasteiger partial charge is 0.274 e.